The maximum absolute atomic E-state index is 11.4. The number of ketones is 1. The van der Waals surface area contributed by atoms with E-state index in [9.17, 15) is 4.79 Å². The van der Waals surface area contributed by atoms with Gasteiger partial charge in [0.15, 0.2) is 5.78 Å². The molecule has 1 aromatic heterocycles. The number of benzene rings is 1. The van der Waals surface area contributed by atoms with Crippen molar-refractivity contribution in [3.8, 4) is 0 Å². The quantitative estimate of drug-likeness (QED) is 0.815. The zero-order valence-corrected chi connectivity index (χ0v) is 9.88. The number of hydrogen-bond acceptors (Lipinski definition) is 3. The average Bonchev–Trinajstić information content (AvgIpc) is 2.79. The fourth-order valence-corrected chi connectivity index (χ4v) is 2.18. The Morgan fingerprint density at radius 2 is 2.06 bits per heavy atom. The smallest absolute Gasteiger partial charge is 0.161 e. The van der Waals surface area contributed by atoms with Crippen molar-refractivity contribution in [3.63, 3.8) is 0 Å². The maximum Gasteiger partial charge on any atom is 0.161 e. The van der Waals surface area contributed by atoms with Crippen LogP contribution in [0.2, 0.25) is 0 Å². The zero-order chi connectivity index (χ0) is 11.4. The summed E-state index contributed by atoms with van der Waals surface area (Å²) < 4.78 is 0. The Hall–Kier alpha value is -1.61. The first-order valence-electron chi connectivity index (χ1n) is 5.13. The lowest BCUT2D eigenvalue weighted by Gasteiger charge is -2.08. The number of para-hydroxylation sites is 1. The molecular formula is C13H13NOS. The highest BCUT2D eigenvalue weighted by atomic mass is 32.1. The Morgan fingerprint density at radius 1 is 1.25 bits per heavy atom. The summed E-state index contributed by atoms with van der Waals surface area (Å²) in [5.74, 6) is 0.0919. The molecule has 3 heteroatoms. The summed E-state index contributed by atoms with van der Waals surface area (Å²) >= 11 is 1.71. The van der Waals surface area contributed by atoms with E-state index in [0.717, 1.165) is 17.8 Å². The van der Waals surface area contributed by atoms with E-state index in [1.54, 1.807) is 18.3 Å². The van der Waals surface area contributed by atoms with Crippen molar-refractivity contribution in [2.45, 2.75) is 13.5 Å². The largest absolute Gasteiger partial charge is 0.380 e. The summed E-state index contributed by atoms with van der Waals surface area (Å²) in [7, 11) is 0. The molecule has 0 aliphatic heterocycles. The van der Waals surface area contributed by atoms with Crippen LogP contribution in [0.15, 0.2) is 41.8 Å². The second-order valence-electron chi connectivity index (χ2n) is 3.53. The van der Waals surface area contributed by atoms with Crippen LogP contribution in [0.1, 0.15) is 22.2 Å². The van der Waals surface area contributed by atoms with Crippen LogP contribution < -0.4 is 5.32 Å². The molecular weight excluding hydrogens is 218 g/mol. The Bertz CT molecular complexity index is 476. The average molecular weight is 231 g/mol. The van der Waals surface area contributed by atoms with Crippen LogP contribution in [0.25, 0.3) is 0 Å². The molecule has 1 N–H and O–H groups in total. The van der Waals surface area contributed by atoms with Crippen LogP contribution >= 0.6 is 11.3 Å². The molecule has 2 nitrogen and oxygen atoms in total. The van der Waals surface area contributed by atoms with Crippen molar-refractivity contribution >= 4 is 22.8 Å². The number of Topliss-reactive ketones (excluding diaryl/α,β-unsaturated/α-hetero) is 1. The molecule has 0 fully saturated rings. The van der Waals surface area contributed by atoms with Gasteiger partial charge in [-0.05, 0) is 30.5 Å². The SMILES string of the molecule is CC(=O)c1ccccc1NCc1cccs1. The molecule has 82 valence electrons. The highest BCUT2D eigenvalue weighted by Crippen LogP contribution is 2.17. The van der Waals surface area contributed by atoms with Gasteiger partial charge in [0.1, 0.15) is 0 Å². The molecule has 0 spiro atoms. The van der Waals surface area contributed by atoms with E-state index < -0.39 is 0 Å². The lowest BCUT2D eigenvalue weighted by atomic mass is 10.1. The van der Waals surface area contributed by atoms with Gasteiger partial charge in [-0.3, -0.25) is 4.79 Å². The van der Waals surface area contributed by atoms with Gasteiger partial charge in [0.05, 0.1) is 0 Å². The van der Waals surface area contributed by atoms with Gasteiger partial charge in [-0.25, -0.2) is 0 Å². The number of carbonyl (C=O) groups is 1. The van der Waals surface area contributed by atoms with Crippen LogP contribution in [-0.2, 0) is 6.54 Å². The molecule has 1 aromatic carbocycles. The van der Waals surface area contributed by atoms with Crippen molar-refractivity contribution in [2.24, 2.45) is 0 Å². The van der Waals surface area contributed by atoms with E-state index in [-0.39, 0.29) is 5.78 Å². The number of anilines is 1. The summed E-state index contributed by atoms with van der Waals surface area (Å²) in [6.07, 6.45) is 0. The standard InChI is InChI=1S/C13H13NOS/c1-10(15)12-6-2-3-7-13(12)14-9-11-5-4-8-16-11/h2-8,14H,9H2,1H3. The molecule has 2 aromatic rings. The van der Waals surface area contributed by atoms with Crippen LogP contribution in [-0.4, -0.2) is 5.78 Å². The molecule has 0 saturated carbocycles. The first-order chi connectivity index (χ1) is 7.77. The number of thiophene rings is 1. The van der Waals surface area contributed by atoms with Gasteiger partial charge < -0.3 is 5.32 Å². The van der Waals surface area contributed by atoms with Crippen molar-refractivity contribution in [1.29, 1.82) is 0 Å². The minimum Gasteiger partial charge on any atom is -0.380 e. The fourth-order valence-electron chi connectivity index (χ4n) is 1.54. The first kappa shape index (κ1) is 10.9. The highest BCUT2D eigenvalue weighted by molar-refractivity contribution is 7.09. The summed E-state index contributed by atoms with van der Waals surface area (Å²) in [5.41, 5.74) is 1.66. The Kier molecular flexibility index (Phi) is 3.37. The van der Waals surface area contributed by atoms with Gasteiger partial charge in [-0.2, -0.15) is 0 Å². The minimum atomic E-state index is 0.0919. The Labute approximate surface area is 98.9 Å². The van der Waals surface area contributed by atoms with Crippen LogP contribution in [0, 0.1) is 0 Å². The van der Waals surface area contributed by atoms with Crippen LogP contribution in [0.3, 0.4) is 0 Å². The summed E-state index contributed by atoms with van der Waals surface area (Å²) in [5, 5.41) is 5.34. The molecule has 0 amide bonds. The van der Waals surface area contributed by atoms with E-state index in [0.29, 0.717) is 0 Å². The third-order valence-electron chi connectivity index (χ3n) is 2.34. The van der Waals surface area contributed by atoms with Crippen molar-refractivity contribution in [1.82, 2.24) is 0 Å². The fraction of sp³-hybridized carbons (Fsp3) is 0.154. The van der Waals surface area contributed by atoms with Crippen molar-refractivity contribution in [3.05, 3.63) is 52.2 Å². The van der Waals surface area contributed by atoms with E-state index in [1.165, 1.54) is 4.88 Å². The Morgan fingerprint density at radius 3 is 2.75 bits per heavy atom. The number of carbonyl (C=O) groups excluding carboxylic acids is 1. The normalized spacial score (nSPS) is 10.1. The first-order valence-corrected chi connectivity index (χ1v) is 6.01. The molecule has 0 saturated heterocycles. The van der Waals surface area contributed by atoms with Gasteiger partial charge in [-0.15, -0.1) is 11.3 Å². The van der Waals surface area contributed by atoms with Crippen molar-refractivity contribution in [2.75, 3.05) is 5.32 Å². The number of rotatable bonds is 4. The van der Waals surface area contributed by atoms with Gasteiger partial charge in [0, 0.05) is 22.7 Å². The monoisotopic (exact) mass is 231 g/mol. The Balaban J connectivity index is 2.12. The van der Waals surface area contributed by atoms with Gasteiger partial charge in [-0.1, -0.05) is 18.2 Å². The van der Waals surface area contributed by atoms with Crippen molar-refractivity contribution < 1.29 is 4.79 Å². The van der Waals surface area contributed by atoms with Crippen LogP contribution in [0.5, 0.6) is 0 Å². The minimum absolute atomic E-state index is 0.0919. The van der Waals surface area contributed by atoms with E-state index in [2.05, 4.69) is 11.4 Å². The molecule has 16 heavy (non-hydrogen) atoms. The number of nitrogens with one attached hydrogen (secondary N) is 1. The lowest BCUT2D eigenvalue weighted by Crippen LogP contribution is -2.03. The molecule has 0 unspecified atom stereocenters. The maximum atomic E-state index is 11.4. The second kappa shape index (κ2) is 4.94. The predicted octanol–water partition coefficient (Wildman–Crippen LogP) is 3.56. The lowest BCUT2D eigenvalue weighted by molar-refractivity contribution is 0.101. The topological polar surface area (TPSA) is 29.1 Å². The molecule has 0 aliphatic carbocycles. The second-order valence-corrected chi connectivity index (χ2v) is 4.57. The molecule has 0 atom stereocenters. The third-order valence-corrected chi connectivity index (χ3v) is 3.22. The van der Waals surface area contributed by atoms with E-state index in [1.807, 2.05) is 35.7 Å². The van der Waals surface area contributed by atoms with E-state index in [4.69, 9.17) is 0 Å². The summed E-state index contributed by atoms with van der Waals surface area (Å²) in [4.78, 5) is 12.7. The van der Waals surface area contributed by atoms with Crippen LogP contribution in [0.4, 0.5) is 5.69 Å². The van der Waals surface area contributed by atoms with E-state index >= 15 is 0 Å². The van der Waals surface area contributed by atoms with Gasteiger partial charge in [0.2, 0.25) is 0 Å². The summed E-state index contributed by atoms with van der Waals surface area (Å²) in [6, 6.07) is 11.7. The molecule has 1 heterocycles. The zero-order valence-electron chi connectivity index (χ0n) is 9.07. The third kappa shape index (κ3) is 2.49. The summed E-state index contributed by atoms with van der Waals surface area (Å²) in [6.45, 7) is 2.35. The van der Waals surface area contributed by atoms with Gasteiger partial charge in [0.25, 0.3) is 0 Å². The van der Waals surface area contributed by atoms with Gasteiger partial charge >= 0.3 is 0 Å². The molecule has 0 radical (unpaired) electrons. The molecule has 0 bridgehead atoms. The molecule has 2 rings (SSSR count). The molecule has 0 aliphatic rings. The predicted molar refractivity (Wildman–Crippen MR) is 68.1 cm³/mol. The number of hydrogen-bond donors (Lipinski definition) is 1. The highest BCUT2D eigenvalue weighted by Gasteiger charge is 2.05.